The van der Waals surface area contributed by atoms with Crippen molar-refractivity contribution in [2.75, 3.05) is 5.73 Å². The summed E-state index contributed by atoms with van der Waals surface area (Å²) < 4.78 is 13.8. The lowest BCUT2D eigenvalue weighted by molar-refractivity contribution is 0.0953. The van der Waals surface area contributed by atoms with E-state index in [1.165, 1.54) is 30.0 Å². The Kier molecular flexibility index (Phi) is 4.82. The monoisotopic (exact) mass is 305 g/mol. The highest BCUT2D eigenvalue weighted by Gasteiger charge is 2.10. The van der Waals surface area contributed by atoms with Crippen LogP contribution in [0.4, 0.5) is 10.1 Å². The van der Waals surface area contributed by atoms with Crippen LogP contribution in [0.2, 0.25) is 0 Å². The fourth-order valence-corrected chi connectivity index (χ4v) is 2.79. The van der Waals surface area contributed by atoms with Crippen LogP contribution in [-0.2, 0) is 5.75 Å². The maximum absolute atomic E-state index is 13.8. The normalized spacial score (nSPS) is 10.4. The number of nitrogens with one attached hydrogen (secondary N) is 1. The van der Waals surface area contributed by atoms with Gasteiger partial charge in [0.25, 0.3) is 5.91 Å². The van der Waals surface area contributed by atoms with Crippen LogP contribution in [-0.4, -0.2) is 5.91 Å². The van der Waals surface area contributed by atoms with Gasteiger partial charge in [-0.2, -0.15) is 0 Å². The minimum absolute atomic E-state index is 0.325. The summed E-state index contributed by atoms with van der Waals surface area (Å²) in [4.78, 5) is 12.3. The van der Waals surface area contributed by atoms with E-state index in [9.17, 15) is 9.18 Å². The summed E-state index contributed by atoms with van der Waals surface area (Å²) in [7, 11) is 0. The zero-order valence-corrected chi connectivity index (χ0v) is 12.3. The number of nitrogen functional groups attached to an aromatic ring is 2. The molecule has 0 saturated heterocycles. The molecule has 0 spiro atoms. The van der Waals surface area contributed by atoms with Gasteiger partial charge in [0, 0.05) is 21.9 Å². The van der Waals surface area contributed by atoms with Gasteiger partial charge in [-0.15, -0.1) is 11.8 Å². The number of rotatable bonds is 4. The van der Waals surface area contributed by atoms with Gasteiger partial charge < -0.3 is 5.73 Å². The summed E-state index contributed by atoms with van der Waals surface area (Å²) in [6, 6.07) is 9.88. The van der Waals surface area contributed by atoms with Crippen molar-refractivity contribution in [3.63, 3.8) is 0 Å². The molecule has 0 fully saturated rings. The molecule has 2 aromatic carbocycles. The summed E-state index contributed by atoms with van der Waals surface area (Å²) in [5.41, 5.74) is 10.5. The predicted molar refractivity (Wildman–Crippen MR) is 83.2 cm³/mol. The summed E-state index contributed by atoms with van der Waals surface area (Å²) in [5, 5.41) is 0. The molecule has 0 saturated carbocycles. The molecule has 110 valence electrons. The number of thioether (sulfide) groups is 1. The molecule has 0 aliphatic heterocycles. The second-order valence-corrected chi connectivity index (χ2v) is 5.63. The van der Waals surface area contributed by atoms with Crippen LogP contribution in [0.5, 0.6) is 0 Å². The van der Waals surface area contributed by atoms with Gasteiger partial charge in [-0.1, -0.05) is 6.07 Å². The van der Waals surface area contributed by atoms with Crippen molar-refractivity contribution in [2.45, 2.75) is 17.6 Å². The van der Waals surface area contributed by atoms with Crippen LogP contribution < -0.4 is 17.0 Å². The van der Waals surface area contributed by atoms with Crippen LogP contribution in [0.25, 0.3) is 0 Å². The predicted octanol–water partition coefficient (Wildman–Crippen LogP) is 2.61. The molecule has 21 heavy (non-hydrogen) atoms. The molecule has 0 aromatic heterocycles. The maximum atomic E-state index is 13.8. The van der Waals surface area contributed by atoms with Crippen LogP contribution in [0.1, 0.15) is 21.5 Å². The fourth-order valence-electron chi connectivity index (χ4n) is 1.86. The second-order valence-electron chi connectivity index (χ2n) is 4.61. The first kappa shape index (κ1) is 15.3. The van der Waals surface area contributed by atoms with Crippen LogP contribution in [0, 0.1) is 12.7 Å². The van der Waals surface area contributed by atoms with Gasteiger partial charge in [0.2, 0.25) is 0 Å². The van der Waals surface area contributed by atoms with Crippen molar-refractivity contribution in [1.29, 1.82) is 0 Å². The minimum Gasteiger partial charge on any atom is -0.398 e. The Bertz CT molecular complexity index is 676. The zero-order chi connectivity index (χ0) is 15.4. The molecule has 0 heterocycles. The van der Waals surface area contributed by atoms with E-state index in [0.29, 0.717) is 22.6 Å². The van der Waals surface area contributed by atoms with Crippen molar-refractivity contribution in [3.05, 3.63) is 58.9 Å². The molecular weight excluding hydrogens is 289 g/mol. The molecule has 6 heteroatoms. The zero-order valence-electron chi connectivity index (χ0n) is 11.5. The average Bonchev–Trinajstić information content (AvgIpc) is 2.47. The molecule has 0 bridgehead atoms. The number of nitrogens with two attached hydrogens (primary N) is 2. The highest BCUT2D eigenvalue weighted by Crippen LogP contribution is 2.29. The lowest BCUT2D eigenvalue weighted by Crippen LogP contribution is -2.30. The molecule has 2 rings (SSSR count). The number of carbonyl (C=O) groups is 1. The average molecular weight is 305 g/mol. The summed E-state index contributed by atoms with van der Waals surface area (Å²) in [6.07, 6.45) is 0. The molecule has 1 amide bonds. The molecule has 0 unspecified atom stereocenters. The van der Waals surface area contributed by atoms with Crippen LogP contribution >= 0.6 is 11.8 Å². The highest BCUT2D eigenvalue weighted by atomic mass is 32.2. The Morgan fingerprint density at radius 1 is 1.29 bits per heavy atom. The quantitative estimate of drug-likeness (QED) is 0.267. The van der Waals surface area contributed by atoms with E-state index in [0.717, 1.165) is 10.5 Å². The molecule has 0 radical (unpaired) electrons. The van der Waals surface area contributed by atoms with E-state index >= 15 is 0 Å². The van der Waals surface area contributed by atoms with Crippen LogP contribution in [0.3, 0.4) is 0 Å². The minimum atomic E-state index is -0.448. The number of amides is 1. The number of halogens is 1. The molecule has 0 aliphatic rings. The summed E-state index contributed by atoms with van der Waals surface area (Å²) in [6.45, 7) is 1.96. The van der Waals surface area contributed by atoms with E-state index in [-0.39, 0.29) is 5.82 Å². The van der Waals surface area contributed by atoms with Gasteiger partial charge in [-0.3, -0.25) is 10.2 Å². The second kappa shape index (κ2) is 6.60. The third-order valence-electron chi connectivity index (χ3n) is 2.99. The Balaban J connectivity index is 2.17. The van der Waals surface area contributed by atoms with Crippen molar-refractivity contribution in [3.8, 4) is 0 Å². The maximum Gasteiger partial charge on any atom is 0.265 e. The van der Waals surface area contributed by atoms with Gasteiger partial charge in [0.1, 0.15) is 5.82 Å². The van der Waals surface area contributed by atoms with Crippen molar-refractivity contribution in [2.24, 2.45) is 5.84 Å². The third kappa shape index (κ3) is 3.74. The molecular formula is C15H16FN3OS. The van der Waals surface area contributed by atoms with Crippen molar-refractivity contribution in [1.82, 2.24) is 5.43 Å². The molecule has 0 aliphatic carbocycles. The summed E-state index contributed by atoms with van der Waals surface area (Å²) in [5.74, 6) is 4.65. The number of hydrazine groups is 1. The van der Waals surface area contributed by atoms with E-state index in [4.69, 9.17) is 11.6 Å². The van der Waals surface area contributed by atoms with E-state index in [1.54, 1.807) is 0 Å². The van der Waals surface area contributed by atoms with Crippen molar-refractivity contribution >= 4 is 23.4 Å². The highest BCUT2D eigenvalue weighted by molar-refractivity contribution is 7.98. The number of hydrogen-bond donors (Lipinski definition) is 3. The fraction of sp³-hybridized carbons (Fsp3) is 0.133. The molecule has 4 nitrogen and oxygen atoms in total. The Morgan fingerprint density at radius 3 is 2.71 bits per heavy atom. The standard InChI is InChI=1S/C15H16FN3OS/c1-9-2-5-14(13(17)6-9)21-8-11-7-10(15(20)19-18)3-4-12(11)16/h2-7H,8,17-18H2,1H3,(H,19,20). The Morgan fingerprint density at radius 2 is 2.05 bits per heavy atom. The molecule has 5 N–H and O–H groups in total. The van der Waals surface area contributed by atoms with E-state index in [1.807, 2.05) is 30.5 Å². The Labute approximate surface area is 126 Å². The number of hydrogen-bond acceptors (Lipinski definition) is 4. The Hall–Kier alpha value is -2.05. The number of anilines is 1. The first-order valence-electron chi connectivity index (χ1n) is 6.29. The summed E-state index contributed by atoms with van der Waals surface area (Å²) >= 11 is 1.42. The van der Waals surface area contributed by atoms with E-state index < -0.39 is 5.91 Å². The number of carbonyl (C=O) groups excluding carboxylic acids is 1. The van der Waals surface area contributed by atoms with Crippen molar-refractivity contribution < 1.29 is 9.18 Å². The largest absolute Gasteiger partial charge is 0.398 e. The SMILES string of the molecule is Cc1ccc(SCc2cc(C(=O)NN)ccc2F)c(N)c1. The molecule has 0 atom stereocenters. The van der Waals surface area contributed by atoms with E-state index in [2.05, 4.69) is 0 Å². The lowest BCUT2D eigenvalue weighted by Gasteiger charge is -2.08. The molecule has 2 aromatic rings. The first-order chi connectivity index (χ1) is 10.0. The first-order valence-corrected chi connectivity index (χ1v) is 7.28. The van der Waals surface area contributed by atoms with Gasteiger partial charge >= 0.3 is 0 Å². The number of benzene rings is 2. The van der Waals surface area contributed by atoms with Gasteiger partial charge in [0.05, 0.1) is 0 Å². The van der Waals surface area contributed by atoms with Gasteiger partial charge in [-0.05, 0) is 48.4 Å². The van der Waals surface area contributed by atoms with Gasteiger partial charge in [-0.25, -0.2) is 10.2 Å². The van der Waals surface area contributed by atoms with Crippen LogP contribution in [0.15, 0.2) is 41.3 Å². The van der Waals surface area contributed by atoms with Gasteiger partial charge in [0.15, 0.2) is 0 Å². The topological polar surface area (TPSA) is 81.1 Å². The smallest absolute Gasteiger partial charge is 0.265 e. The lowest BCUT2D eigenvalue weighted by atomic mass is 10.1. The third-order valence-corrected chi connectivity index (χ3v) is 4.13. The number of aryl methyl sites for hydroxylation is 1.